The Morgan fingerprint density at radius 1 is 1.38 bits per heavy atom. The molecule has 0 saturated carbocycles. The number of aromatic nitrogens is 2. The fraction of sp³-hybridized carbons (Fsp3) is 0.231. The summed E-state index contributed by atoms with van der Waals surface area (Å²) in [6.07, 6.45) is 0.637. The number of hydrogen-bond acceptors (Lipinski definition) is 4. The maximum Gasteiger partial charge on any atom is 0.238 e. The Morgan fingerprint density at radius 2 is 2.14 bits per heavy atom. The van der Waals surface area contributed by atoms with Crippen molar-refractivity contribution in [3.05, 3.63) is 41.6 Å². The fourth-order valence-electron chi connectivity index (χ4n) is 1.82. The Morgan fingerprint density at radius 3 is 2.76 bits per heavy atom. The average Bonchev–Trinajstić information content (AvgIpc) is 2.81. The lowest BCUT2D eigenvalue weighted by atomic mass is 10.1. The highest BCUT2D eigenvalue weighted by atomic mass is 32.2. The first-order valence-corrected chi connectivity index (χ1v) is 7.83. The van der Waals surface area contributed by atoms with Gasteiger partial charge in [0.15, 0.2) is 5.82 Å². The molecule has 0 aliphatic heterocycles. The third kappa shape index (κ3) is 4.40. The number of benzene rings is 1. The molecular formula is C13H16N4O3S. The van der Waals surface area contributed by atoms with Gasteiger partial charge < -0.3 is 5.32 Å². The topological polar surface area (TPSA) is 118 Å². The van der Waals surface area contributed by atoms with Gasteiger partial charge in [-0.2, -0.15) is 5.10 Å². The smallest absolute Gasteiger partial charge is 0.238 e. The van der Waals surface area contributed by atoms with E-state index in [0.29, 0.717) is 12.2 Å². The first kappa shape index (κ1) is 15.2. The molecule has 0 fully saturated rings. The van der Waals surface area contributed by atoms with Gasteiger partial charge >= 0.3 is 0 Å². The van der Waals surface area contributed by atoms with Crippen molar-refractivity contribution < 1.29 is 13.2 Å². The minimum atomic E-state index is -3.72. The molecule has 0 spiro atoms. The summed E-state index contributed by atoms with van der Waals surface area (Å²) >= 11 is 0. The molecule has 21 heavy (non-hydrogen) atoms. The van der Waals surface area contributed by atoms with Crippen LogP contribution < -0.4 is 10.5 Å². The van der Waals surface area contributed by atoms with Gasteiger partial charge in [-0.1, -0.05) is 12.1 Å². The van der Waals surface area contributed by atoms with E-state index in [9.17, 15) is 13.2 Å². The number of H-pyrrole nitrogens is 1. The zero-order valence-electron chi connectivity index (χ0n) is 11.5. The Labute approximate surface area is 122 Å². The SMILES string of the molecule is Cc1cc(NC(=O)CCc2cccc(S(N)(=O)=O)c2)n[nH]1. The number of rotatable bonds is 5. The van der Waals surface area contributed by atoms with Crippen LogP contribution in [-0.2, 0) is 21.2 Å². The lowest BCUT2D eigenvalue weighted by molar-refractivity contribution is -0.116. The molecule has 0 aliphatic carbocycles. The van der Waals surface area contributed by atoms with E-state index in [2.05, 4.69) is 15.5 Å². The second-order valence-corrected chi connectivity index (χ2v) is 6.24. The van der Waals surface area contributed by atoms with E-state index in [1.165, 1.54) is 12.1 Å². The van der Waals surface area contributed by atoms with Crippen molar-refractivity contribution in [3.8, 4) is 0 Å². The predicted molar refractivity (Wildman–Crippen MR) is 78.1 cm³/mol. The maximum absolute atomic E-state index is 11.8. The quantitative estimate of drug-likeness (QED) is 0.761. The number of aromatic amines is 1. The van der Waals surface area contributed by atoms with E-state index in [0.717, 1.165) is 11.3 Å². The van der Waals surface area contributed by atoms with Crippen molar-refractivity contribution in [2.75, 3.05) is 5.32 Å². The first-order chi connectivity index (χ1) is 9.84. The minimum absolute atomic E-state index is 0.0448. The maximum atomic E-state index is 11.8. The molecular weight excluding hydrogens is 292 g/mol. The van der Waals surface area contributed by atoms with Crippen LogP contribution in [0.25, 0.3) is 0 Å². The van der Waals surface area contributed by atoms with Gasteiger partial charge in [0.2, 0.25) is 15.9 Å². The summed E-state index contributed by atoms with van der Waals surface area (Å²) in [5, 5.41) is 14.4. The van der Waals surface area contributed by atoms with E-state index < -0.39 is 10.0 Å². The minimum Gasteiger partial charge on any atom is -0.309 e. The second-order valence-electron chi connectivity index (χ2n) is 4.68. The molecule has 0 unspecified atom stereocenters. The van der Waals surface area contributed by atoms with Crippen LogP contribution in [0.3, 0.4) is 0 Å². The molecule has 1 heterocycles. The Hall–Kier alpha value is -2.19. The van der Waals surface area contributed by atoms with Crippen LogP contribution in [0, 0.1) is 6.92 Å². The van der Waals surface area contributed by atoms with Crippen LogP contribution in [0.15, 0.2) is 35.2 Å². The van der Waals surface area contributed by atoms with Gasteiger partial charge in [0.1, 0.15) is 0 Å². The Kier molecular flexibility index (Phi) is 4.39. The van der Waals surface area contributed by atoms with E-state index in [4.69, 9.17) is 5.14 Å². The number of carbonyl (C=O) groups is 1. The van der Waals surface area contributed by atoms with Gasteiger partial charge in [0.05, 0.1) is 4.90 Å². The number of nitrogens with zero attached hydrogens (tertiary/aromatic N) is 1. The molecule has 0 aliphatic rings. The molecule has 2 rings (SSSR count). The van der Waals surface area contributed by atoms with Gasteiger partial charge in [0.25, 0.3) is 0 Å². The van der Waals surface area contributed by atoms with E-state index >= 15 is 0 Å². The van der Waals surface area contributed by atoms with Crippen LogP contribution in [0.5, 0.6) is 0 Å². The molecule has 8 heteroatoms. The molecule has 1 aromatic carbocycles. The van der Waals surface area contributed by atoms with Gasteiger partial charge in [-0.3, -0.25) is 9.89 Å². The molecule has 0 atom stereocenters. The molecule has 0 bridgehead atoms. The highest BCUT2D eigenvalue weighted by Gasteiger charge is 2.09. The zero-order chi connectivity index (χ0) is 15.5. The predicted octanol–water partition coefficient (Wildman–Crippen LogP) is 0.937. The van der Waals surface area contributed by atoms with Crippen LogP contribution in [-0.4, -0.2) is 24.5 Å². The number of nitrogens with two attached hydrogens (primary N) is 1. The van der Waals surface area contributed by atoms with Crippen molar-refractivity contribution in [3.63, 3.8) is 0 Å². The number of primary sulfonamides is 1. The van der Waals surface area contributed by atoms with Crippen LogP contribution in [0.2, 0.25) is 0 Å². The van der Waals surface area contributed by atoms with Crippen LogP contribution in [0.1, 0.15) is 17.7 Å². The number of sulfonamides is 1. The summed E-state index contributed by atoms with van der Waals surface area (Å²) in [6, 6.07) is 7.97. The molecule has 0 saturated heterocycles. The van der Waals surface area contributed by atoms with Crippen molar-refractivity contribution >= 4 is 21.7 Å². The average molecular weight is 308 g/mol. The summed E-state index contributed by atoms with van der Waals surface area (Å²) in [5.41, 5.74) is 1.58. The van der Waals surface area contributed by atoms with Crippen molar-refractivity contribution in [2.24, 2.45) is 5.14 Å². The largest absolute Gasteiger partial charge is 0.309 e. The van der Waals surface area contributed by atoms with Crippen LogP contribution in [0.4, 0.5) is 5.82 Å². The number of hydrogen-bond donors (Lipinski definition) is 3. The number of aryl methyl sites for hydroxylation is 2. The summed E-state index contributed by atoms with van der Waals surface area (Å²) in [5.74, 6) is 0.276. The summed E-state index contributed by atoms with van der Waals surface area (Å²) in [6.45, 7) is 1.83. The summed E-state index contributed by atoms with van der Waals surface area (Å²) in [4.78, 5) is 11.8. The standard InChI is InChI=1S/C13H16N4O3S/c1-9-7-12(17-16-9)15-13(18)6-5-10-3-2-4-11(8-10)21(14,19)20/h2-4,7-8H,5-6H2,1H3,(H2,14,19,20)(H2,15,16,17,18). The van der Waals surface area contributed by atoms with Crippen molar-refractivity contribution in [2.45, 2.75) is 24.7 Å². The molecule has 7 nitrogen and oxygen atoms in total. The van der Waals surface area contributed by atoms with E-state index in [-0.39, 0.29) is 17.2 Å². The molecule has 1 amide bonds. The molecule has 2 aromatic rings. The Bertz CT molecular complexity index is 752. The zero-order valence-corrected chi connectivity index (χ0v) is 12.3. The Balaban J connectivity index is 1.95. The van der Waals surface area contributed by atoms with Crippen molar-refractivity contribution in [1.82, 2.24) is 10.2 Å². The summed E-state index contributed by atoms with van der Waals surface area (Å²) in [7, 11) is -3.72. The second kappa shape index (κ2) is 6.06. The van der Waals surface area contributed by atoms with Crippen LogP contribution >= 0.6 is 0 Å². The van der Waals surface area contributed by atoms with E-state index in [1.807, 2.05) is 6.92 Å². The molecule has 0 radical (unpaired) electrons. The monoisotopic (exact) mass is 308 g/mol. The van der Waals surface area contributed by atoms with Gasteiger partial charge in [-0.05, 0) is 31.0 Å². The highest BCUT2D eigenvalue weighted by molar-refractivity contribution is 7.89. The normalized spacial score (nSPS) is 11.3. The summed E-state index contributed by atoms with van der Waals surface area (Å²) < 4.78 is 22.5. The van der Waals surface area contributed by atoms with Gasteiger partial charge in [-0.15, -0.1) is 0 Å². The third-order valence-corrected chi connectivity index (χ3v) is 3.75. The van der Waals surface area contributed by atoms with Gasteiger partial charge in [-0.25, -0.2) is 13.6 Å². The molecule has 1 aromatic heterocycles. The lowest BCUT2D eigenvalue weighted by Crippen LogP contribution is -2.14. The molecule has 4 N–H and O–H groups in total. The lowest BCUT2D eigenvalue weighted by Gasteiger charge is -2.04. The fourth-order valence-corrected chi connectivity index (χ4v) is 2.41. The third-order valence-electron chi connectivity index (χ3n) is 2.84. The number of amides is 1. The highest BCUT2D eigenvalue weighted by Crippen LogP contribution is 2.12. The van der Waals surface area contributed by atoms with Crippen molar-refractivity contribution in [1.29, 1.82) is 0 Å². The number of nitrogens with one attached hydrogen (secondary N) is 2. The van der Waals surface area contributed by atoms with E-state index in [1.54, 1.807) is 18.2 Å². The first-order valence-electron chi connectivity index (χ1n) is 6.28. The number of anilines is 1. The molecule has 112 valence electrons. The number of carbonyl (C=O) groups excluding carboxylic acids is 1. The van der Waals surface area contributed by atoms with Gasteiger partial charge in [0, 0.05) is 18.2 Å².